The summed E-state index contributed by atoms with van der Waals surface area (Å²) in [7, 11) is 0. The maximum Gasteiger partial charge on any atom is 0.238 e. The number of aromatic nitrogens is 8. The summed E-state index contributed by atoms with van der Waals surface area (Å²) in [5.74, 6) is 3.30. The molecule has 346 valence electrons. The molecule has 0 saturated carbocycles. The molecule has 0 aliphatic heterocycles. The largest absolute Gasteiger partial charge is 0.307 e. The Kier molecular flexibility index (Phi) is 10.3. The standard InChI is InChI=1S/C66H42N8/c1-5-19-43(20-6-1)48-27-17-28-49(41-48)44-35-37-52(38-36-44)73-57-33-15-13-31-53(57)55-39-40-56-54-32-14-16-34-58(54)74(60(56)59(55)73)66-71-63(47-25-11-4-12-26-47)70-65(72-66)51-30-18-29-50(42-51)64-68-61(45-21-7-2-8-22-45)67-62(69-64)46-23-9-3-10-24-46/h1-42H. The van der Waals surface area contributed by atoms with Crippen molar-refractivity contribution in [3.05, 3.63) is 255 Å². The smallest absolute Gasteiger partial charge is 0.238 e. The molecule has 14 rings (SSSR count). The van der Waals surface area contributed by atoms with Crippen LogP contribution < -0.4 is 0 Å². The zero-order valence-electron chi connectivity index (χ0n) is 39.8. The van der Waals surface area contributed by atoms with Crippen LogP contribution in [0.15, 0.2) is 255 Å². The Morgan fingerprint density at radius 1 is 0.216 bits per heavy atom. The molecule has 0 fully saturated rings. The Morgan fingerprint density at radius 2 is 0.554 bits per heavy atom. The number of hydrogen-bond donors (Lipinski definition) is 0. The SMILES string of the molecule is c1ccc(-c2cccc(-c3ccc(-n4c5ccccc5c5ccc6c7ccccc7n(-c7nc(-c8ccccc8)nc(-c8cccc(-c9nc(-c%10ccccc%10)nc(-c%10ccccc%10)n9)c8)n7)c6c54)cc3)c2)cc1. The molecular formula is C66H42N8. The van der Waals surface area contributed by atoms with Crippen molar-refractivity contribution in [2.45, 2.75) is 0 Å². The van der Waals surface area contributed by atoms with Gasteiger partial charge in [0.2, 0.25) is 5.95 Å². The number of fused-ring (bicyclic) bond motifs is 7. The van der Waals surface area contributed by atoms with Crippen molar-refractivity contribution in [3.63, 3.8) is 0 Å². The van der Waals surface area contributed by atoms with E-state index >= 15 is 0 Å². The van der Waals surface area contributed by atoms with E-state index in [0.717, 1.165) is 88.2 Å². The fourth-order valence-electron chi connectivity index (χ4n) is 10.3. The van der Waals surface area contributed by atoms with Crippen LogP contribution in [0.1, 0.15) is 0 Å². The predicted octanol–water partition coefficient (Wildman–Crippen LogP) is 15.9. The molecule has 8 nitrogen and oxygen atoms in total. The van der Waals surface area contributed by atoms with Crippen molar-refractivity contribution in [1.29, 1.82) is 0 Å². The lowest BCUT2D eigenvalue weighted by molar-refractivity contribution is 0.953. The van der Waals surface area contributed by atoms with Crippen LogP contribution in [0.2, 0.25) is 0 Å². The van der Waals surface area contributed by atoms with Gasteiger partial charge in [0, 0.05) is 55.0 Å². The summed E-state index contributed by atoms with van der Waals surface area (Å²) >= 11 is 0. The van der Waals surface area contributed by atoms with Gasteiger partial charge in [-0.25, -0.2) is 19.9 Å². The third kappa shape index (κ3) is 7.48. The highest BCUT2D eigenvalue weighted by molar-refractivity contribution is 6.23. The van der Waals surface area contributed by atoms with E-state index in [-0.39, 0.29) is 0 Å². The Labute approximate surface area is 426 Å². The molecule has 0 N–H and O–H groups in total. The number of para-hydroxylation sites is 2. The Morgan fingerprint density at radius 3 is 1.05 bits per heavy atom. The second-order valence-electron chi connectivity index (χ2n) is 18.3. The minimum atomic E-state index is 0.501. The van der Waals surface area contributed by atoms with Gasteiger partial charge in [0.05, 0.1) is 22.1 Å². The van der Waals surface area contributed by atoms with E-state index in [4.69, 9.17) is 29.9 Å². The summed E-state index contributed by atoms with van der Waals surface area (Å²) in [6, 6.07) is 88.3. The van der Waals surface area contributed by atoms with Crippen molar-refractivity contribution in [2.24, 2.45) is 0 Å². The van der Waals surface area contributed by atoms with Crippen LogP contribution in [0.3, 0.4) is 0 Å². The highest BCUT2D eigenvalue weighted by Crippen LogP contribution is 2.42. The van der Waals surface area contributed by atoms with Gasteiger partial charge in [-0.2, -0.15) is 9.97 Å². The molecule has 8 heteroatoms. The molecule has 4 aromatic heterocycles. The fourth-order valence-corrected chi connectivity index (χ4v) is 10.3. The van der Waals surface area contributed by atoms with Gasteiger partial charge in [0.15, 0.2) is 29.1 Å². The summed E-state index contributed by atoms with van der Waals surface area (Å²) in [4.78, 5) is 31.1. The van der Waals surface area contributed by atoms with Crippen LogP contribution >= 0.6 is 0 Å². The highest BCUT2D eigenvalue weighted by atomic mass is 15.2. The molecule has 0 aliphatic carbocycles. The van der Waals surface area contributed by atoms with Gasteiger partial charge < -0.3 is 4.57 Å². The number of rotatable bonds is 9. The van der Waals surface area contributed by atoms with Crippen LogP contribution in [0, 0.1) is 0 Å². The molecule has 10 aromatic carbocycles. The number of benzene rings is 10. The minimum absolute atomic E-state index is 0.501. The van der Waals surface area contributed by atoms with Crippen molar-refractivity contribution < 1.29 is 0 Å². The lowest BCUT2D eigenvalue weighted by Gasteiger charge is -2.14. The van der Waals surface area contributed by atoms with E-state index in [9.17, 15) is 0 Å². The zero-order valence-corrected chi connectivity index (χ0v) is 39.8. The third-order valence-corrected chi connectivity index (χ3v) is 13.8. The Hall–Kier alpha value is -10.2. The van der Waals surface area contributed by atoms with Crippen molar-refractivity contribution in [3.8, 4) is 90.8 Å². The van der Waals surface area contributed by atoms with Crippen LogP contribution in [-0.4, -0.2) is 39.0 Å². The molecule has 0 unspecified atom stereocenters. The normalized spacial score (nSPS) is 11.5. The quantitative estimate of drug-likeness (QED) is 0.143. The van der Waals surface area contributed by atoms with Gasteiger partial charge in [0.25, 0.3) is 0 Å². The van der Waals surface area contributed by atoms with Gasteiger partial charge in [-0.15, -0.1) is 0 Å². The molecule has 0 atom stereocenters. The van der Waals surface area contributed by atoms with E-state index < -0.39 is 0 Å². The molecule has 14 aromatic rings. The van der Waals surface area contributed by atoms with Gasteiger partial charge in [-0.1, -0.05) is 218 Å². The molecule has 0 amide bonds. The molecule has 4 heterocycles. The molecule has 0 bridgehead atoms. The molecule has 0 aliphatic rings. The summed E-state index contributed by atoms with van der Waals surface area (Å²) < 4.78 is 4.63. The van der Waals surface area contributed by atoms with E-state index in [1.165, 1.54) is 11.1 Å². The zero-order chi connectivity index (χ0) is 49.0. The van der Waals surface area contributed by atoms with Gasteiger partial charge in [-0.3, -0.25) is 4.57 Å². The topological polar surface area (TPSA) is 87.2 Å². The first-order valence-electron chi connectivity index (χ1n) is 24.7. The number of nitrogens with zero attached hydrogens (tertiary/aromatic N) is 8. The monoisotopic (exact) mass is 946 g/mol. The third-order valence-electron chi connectivity index (χ3n) is 13.8. The summed E-state index contributed by atoms with van der Waals surface area (Å²) in [5.41, 5.74) is 14.2. The number of hydrogen-bond acceptors (Lipinski definition) is 6. The molecular weight excluding hydrogens is 905 g/mol. The van der Waals surface area contributed by atoms with E-state index in [0.29, 0.717) is 35.1 Å². The average molecular weight is 947 g/mol. The molecule has 0 saturated heterocycles. The Balaban J connectivity index is 0.971. The first-order chi connectivity index (χ1) is 36.7. The molecule has 0 radical (unpaired) electrons. The maximum atomic E-state index is 5.45. The summed E-state index contributed by atoms with van der Waals surface area (Å²) in [6.45, 7) is 0. The fraction of sp³-hybridized carbons (Fsp3) is 0. The van der Waals surface area contributed by atoms with Crippen LogP contribution in [0.5, 0.6) is 0 Å². The first kappa shape index (κ1) is 42.7. The van der Waals surface area contributed by atoms with Crippen LogP contribution in [0.4, 0.5) is 0 Å². The highest BCUT2D eigenvalue weighted by Gasteiger charge is 2.24. The minimum Gasteiger partial charge on any atom is -0.307 e. The molecule has 74 heavy (non-hydrogen) atoms. The van der Waals surface area contributed by atoms with Gasteiger partial charge in [-0.05, 0) is 58.7 Å². The second-order valence-corrected chi connectivity index (χ2v) is 18.3. The molecule has 0 spiro atoms. The first-order valence-corrected chi connectivity index (χ1v) is 24.7. The lowest BCUT2D eigenvalue weighted by atomic mass is 9.99. The van der Waals surface area contributed by atoms with Crippen LogP contribution in [0.25, 0.3) is 134 Å². The second kappa shape index (κ2) is 17.9. The van der Waals surface area contributed by atoms with Gasteiger partial charge >= 0.3 is 0 Å². The lowest BCUT2D eigenvalue weighted by Crippen LogP contribution is -2.07. The maximum absolute atomic E-state index is 5.45. The summed E-state index contributed by atoms with van der Waals surface area (Å²) in [5, 5.41) is 4.47. The van der Waals surface area contributed by atoms with Crippen molar-refractivity contribution >= 4 is 43.6 Å². The Bertz CT molecular complexity index is 4340. The van der Waals surface area contributed by atoms with Crippen molar-refractivity contribution in [1.82, 2.24) is 39.0 Å². The van der Waals surface area contributed by atoms with Crippen molar-refractivity contribution in [2.75, 3.05) is 0 Å². The van der Waals surface area contributed by atoms with Gasteiger partial charge in [0.1, 0.15) is 0 Å². The van der Waals surface area contributed by atoms with E-state index in [2.05, 4.69) is 155 Å². The van der Waals surface area contributed by atoms with E-state index in [1.807, 2.05) is 109 Å². The predicted molar refractivity (Wildman–Crippen MR) is 300 cm³/mol. The van der Waals surface area contributed by atoms with E-state index in [1.54, 1.807) is 0 Å². The summed E-state index contributed by atoms with van der Waals surface area (Å²) in [6.07, 6.45) is 0. The van der Waals surface area contributed by atoms with Crippen LogP contribution in [-0.2, 0) is 0 Å². The average Bonchev–Trinajstić information content (AvgIpc) is 4.03.